The van der Waals surface area contributed by atoms with Gasteiger partial charge in [-0.25, -0.2) is 0 Å². The number of rotatable bonds is 2. The molecule has 6 aromatic rings. The van der Waals surface area contributed by atoms with Crippen molar-refractivity contribution < 1.29 is 34.4 Å². The number of furan rings is 1. The molecule has 40 heavy (non-hydrogen) atoms. The summed E-state index contributed by atoms with van der Waals surface area (Å²) in [7, 11) is 0. The molecule has 0 fully saturated rings. The summed E-state index contributed by atoms with van der Waals surface area (Å²) in [6.07, 6.45) is 1.17. The molecule has 0 atom stereocenters. The van der Waals surface area contributed by atoms with E-state index in [0.717, 1.165) is 61.1 Å². The molecule has 1 aliphatic rings. The van der Waals surface area contributed by atoms with Gasteiger partial charge in [0.2, 0.25) is 0 Å². The van der Waals surface area contributed by atoms with Gasteiger partial charge in [0, 0.05) is 48.5 Å². The number of fused-ring (bicyclic) bond motifs is 3. The van der Waals surface area contributed by atoms with Crippen LogP contribution >= 0.6 is 0 Å². The maximum atomic E-state index is 10.0. The Balaban J connectivity index is 0.000000362. The number of aliphatic hydroxyl groups is 1. The fourth-order valence-corrected chi connectivity index (χ4v) is 5.44. The van der Waals surface area contributed by atoms with Crippen molar-refractivity contribution >= 4 is 38.8 Å². The Morgan fingerprint density at radius 2 is 1.57 bits per heavy atom. The van der Waals surface area contributed by atoms with Crippen LogP contribution in [-0.2, 0) is 30.3 Å². The van der Waals surface area contributed by atoms with E-state index in [1.54, 1.807) is 0 Å². The van der Waals surface area contributed by atoms with Crippen LogP contribution in [0.4, 0.5) is 0 Å². The minimum absolute atomic E-state index is 0. The molecule has 201 valence electrons. The number of aliphatic hydroxyl groups excluding tert-OH is 1. The minimum Gasteiger partial charge on any atom is -0.512 e. The zero-order valence-electron chi connectivity index (χ0n) is 22.6. The van der Waals surface area contributed by atoms with Gasteiger partial charge in [-0.2, -0.15) is 0 Å². The van der Waals surface area contributed by atoms with Gasteiger partial charge in [-0.05, 0) is 42.5 Å². The number of nitrogens with zero attached hydrogens (tertiary/aromatic N) is 2. The average molecular weight is 704 g/mol. The molecule has 4 aromatic carbocycles. The van der Waals surface area contributed by atoms with Gasteiger partial charge in [-0.15, -0.1) is 17.7 Å². The Kier molecular flexibility index (Phi) is 7.17. The third-order valence-corrected chi connectivity index (χ3v) is 7.15. The van der Waals surface area contributed by atoms with E-state index in [2.05, 4.69) is 56.3 Å². The molecule has 2 aromatic heterocycles. The second-order valence-electron chi connectivity index (χ2n) is 10.4. The van der Waals surface area contributed by atoms with Crippen LogP contribution in [0.25, 0.3) is 55.4 Å². The molecule has 1 radical (unpaired) electrons. The van der Waals surface area contributed by atoms with Crippen LogP contribution in [0.3, 0.4) is 0 Å². The quantitative estimate of drug-likeness (QED) is 0.112. The predicted molar refractivity (Wildman–Crippen MR) is 156 cm³/mol. The number of hydrogen-bond acceptors (Lipinski definition) is 5. The summed E-state index contributed by atoms with van der Waals surface area (Å²) in [6, 6.07) is 30.3. The summed E-state index contributed by atoms with van der Waals surface area (Å²) in [4.78, 5) is 20.2. The van der Waals surface area contributed by atoms with Crippen molar-refractivity contribution in [2.75, 3.05) is 0 Å². The first-order valence-electron chi connectivity index (χ1n) is 12.9. The molecule has 0 spiro atoms. The number of ketones is 1. The first-order chi connectivity index (χ1) is 18.8. The van der Waals surface area contributed by atoms with Crippen molar-refractivity contribution in [1.82, 2.24) is 9.97 Å². The molecule has 1 aliphatic carbocycles. The Morgan fingerprint density at radius 3 is 2.23 bits per heavy atom. The average Bonchev–Trinajstić information content (AvgIpc) is 3.28. The summed E-state index contributed by atoms with van der Waals surface area (Å²) in [5.41, 5.74) is 9.49. The molecule has 6 heteroatoms. The van der Waals surface area contributed by atoms with Crippen LogP contribution in [0.5, 0.6) is 0 Å². The second-order valence-corrected chi connectivity index (χ2v) is 10.4. The summed E-state index contributed by atoms with van der Waals surface area (Å²) in [5.74, 6) is -0.0625. The zero-order chi connectivity index (χ0) is 27.3. The zero-order valence-corrected chi connectivity index (χ0v) is 25.0. The van der Waals surface area contributed by atoms with Gasteiger partial charge >= 0.3 is 0 Å². The summed E-state index contributed by atoms with van der Waals surface area (Å²) >= 11 is 0. The largest absolute Gasteiger partial charge is 0.512 e. The molecular weight excluding hydrogens is 677 g/mol. The third kappa shape index (κ3) is 4.53. The molecule has 0 saturated carbocycles. The van der Waals surface area contributed by atoms with Gasteiger partial charge in [-0.1, -0.05) is 79.9 Å². The molecule has 0 unspecified atom stereocenters. The molecule has 5 nitrogen and oxygen atoms in total. The topological polar surface area (TPSA) is 76.2 Å². The molecule has 2 heterocycles. The standard InChI is InChI=1S/C29H19N2O.C5H8O2.Ir/c1-29(2)20-16-15-18(17-9-4-3-5-10-17)27-25(20)24-19(11-8-14-23(24)32-27)26-28(29)31-22-13-7-6-12-21(22)30-26;1-4(6)3-5(2)7;/h3-10,12-16H,1-2H3;3,6H,1-2H3;/q-1;;/b;4-3-;. The Bertz CT molecular complexity index is 1930. The number of carbonyl (C=O) groups is 1. The van der Waals surface area contributed by atoms with E-state index in [9.17, 15) is 4.79 Å². The molecule has 7 rings (SSSR count). The summed E-state index contributed by atoms with van der Waals surface area (Å²) in [6.45, 7) is 7.31. The van der Waals surface area contributed by atoms with Crippen LogP contribution in [-0.4, -0.2) is 20.9 Å². The molecule has 0 aliphatic heterocycles. The number of benzene rings is 4. The van der Waals surface area contributed by atoms with E-state index >= 15 is 0 Å². The summed E-state index contributed by atoms with van der Waals surface area (Å²) in [5, 5.41) is 10.6. The third-order valence-electron chi connectivity index (χ3n) is 7.15. The SMILES string of the molecule is CC(=O)/C=C(/C)O.CC1(C)c2nc3ccccc3nc2-c2[c-]ccc3oc4c(-c5ccccc5)ccc1c4c23.[Ir]. The first-order valence-corrected chi connectivity index (χ1v) is 12.9. The number of allylic oxidation sites excluding steroid dienone is 2. The number of carbonyl (C=O) groups excluding carboxylic acids is 1. The first kappa shape index (κ1) is 27.4. The van der Waals surface area contributed by atoms with Crippen molar-refractivity contribution in [2.24, 2.45) is 0 Å². The molecule has 0 saturated heterocycles. The van der Waals surface area contributed by atoms with Gasteiger partial charge in [0.25, 0.3) is 0 Å². The Morgan fingerprint density at radius 1 is 0.900 bits per heavy atom. The fourth-order valence-electron chi connectivity index (χ4n) is 5.44. The Hall–Kier alpha value is -4.12. The van der Waals surface area contributed by atoms with Crippen LogP contribution < -0.4 is 0 Å². The van der Waals surface area contributed by atoms with Gasteiger partial charge in [0.15, 0.2) is 5.78 Å². The van der Waals surface area contributed by atoms with E-state index in [1.165, 1.54) is 25.5 Å². The van der Waals surface area contributed by atoms with Crippen molar-refractivity contribution in [2.45, 2.75) is 33.1 Å². The van der Waals surface area contributed by atoms with E-state index in [1.807, 2.05) is 42.5 Å². The van der Waals surface area contributed by atoms with E-state index < -0.39 is 0 Å². The fraction of sp³-hybridized carbons (Fsp3) is 0.147. The molecule has 0 bridgehead atoms. The maximum absolute atomic E-state index is 10.0. The van der Waals surface area contributed by atoms with E-state index in [4.69, 9.17) is 19.5 Å². The van der Waals surface area contributed by atoms with Gasteiger partial charge < -0.3 is 9.52 Å². The number of hydrogen-bond donors (Lipinski definition) is 1. The van der Waals surface area contributed by atoms with Crippen LogP contribution in [0.2, 0.25) is 0 Å². The van der Waals surface area contributed by atoms with Crippen LogP contribution in [0.1, 0.15) is 39.0 Å². The normalized spacial score (nSPS) is 13.3. The number of aromatic nitrogens is 2. The second kappa shape index (κ2) is 10.5. The summed E-state index contributed by atoms with van der Waals surface area (Å²) < 4.78 is 6.52. The van der Waals surface area contributed by atoms with Crippen molar-refractivity contribution in [3.8, 4) is 22.4 Å². The Labute approximate surface area is 245 Å². The van der Waals surface area contributed by atoms with Gasteiger partial charge in [0.05, 0.1) is 22.4 Å². The predicted octanol–water partition coefficient (Wildman–Crippen LogP) is 8.34. The molecular formula is C34H27IrN2O3-. The van der Waals surface area contributed by atoms with Gasteiger partial charge in [0.1, 0.15) is 5.58 Å². The van der Waals surface area contributed by atoms with Gasteiger partial charge in [-0.3, -0.25) is 14.8 Å². The van der Waals surface area contributed by atoms with Crippen molar-refractivity contribution in [3.05, 3.63) is 108 Å². The number of para-hydroxylation sites is 2. The van der Waals surface area contributed by atoms with E-state index in [-0.39, 0.29) is 37.1 Å². The van der Waals surface area contributed by atoms with Crippen LogP contribution in [0.15, 0.2) is 95.1 Å². The van der Waals surface area contributed by atoms with Crippen LogP contribution in [0, 0.1) is 6.07 Å². The van der Waals surface area contributed by atoms with Crippen molar-refractivity contribution in [3.63, 3.8) is 0 Å². The maximum Gasteiger partial charge on any atom is 0.155 e. The van der Waals surface area contributed by atoms with E-state index in [0.29, 0.717) is 0 Å². The minimum atomic E-state index is -0.358. The smallest absolute Gasteiger partial charge is 0.155 e. The molecule has 0 amide bonds. The molecule has 1 N–H and O–H groups in total. The monoisotopic (exact) mass is 704 g/mol. The van der Waals surface area contributed by atoms with Crippen molar-refractivity contribution in [1.29, 1.82) is 0 Å².